The standard InChI is InChI=1S/C21H32O3/c1-8-15(2)18-11-9-17(10-12-18)13-14-21(7,16(3)22)19(23)24-20(4,5)6/h9-12,15H,8,13-14H2,1-7H3. The number of aryl methyl sites for hydroxylation is 1. The van der Waals surface area contributed by atoms with Crippen LogP contribution in [-0.2, 0) is 20.7 Å². The predicted molar refractivity (Wildman–Crippen MR) is 98.1 cm³/mol. The van der Waals surface area contributed by atoms with E-state index >= 15 is 0 Å². The number of carbonyl (C=O) groups excluding carboxylic acids is 2. The molecule has 0 saturated heterocycles. The number of Topliss-reactive ketones (excluding diaryl/α,β-unsaturated/α-hetero) is 1. The number of carbonyl (C=O) groups is 2. The molecule has 134 valence electrons. The maximum absolute atomic E-state index is 12.5. The average molecular weight is 332 g/mol. The van der Waals surface area contributed by atoms with E-state index in [1.54, 1.807) is 6.92 Å². The largest absolute Gasteiger partial charge is 0.459 e. The lowest BCUT2D eigenvalue weighted by molar-refractivity contribution is -0.169. The summed E-state index contributed by atoms with van der Waals surface area (Å²) in [6.07, 6.45) is 2.25. The van der Waals surface area contributed by atoms with Crippen LogP contribution in [0.1, 0.15) is 78.4 Å². The van der Waals surface area contributed by atoms with E-state index in [0.717, 1.165) is 12.0 Å². The fraction of sp³-hybridized carbons (Fsp3) is 0.619. The van der Waals surface area contributed by atoms with Crippen LogP contribution in [0.3, 0.4) is 0 Å². The van der Waals surface area contributed by atoms with Crippen LogP contribution in [-0.4, -0.2) is 17.4 Å². The van der Waals surface area contributed by atoms with Crippen molar-refractivity contribution in [2.45, 2.75) is 79.2 Å². The molecular formula is C21H32O3. The van der Waals surface area contributed by atoms with Crippen LogP contribution in [0.2, 0.25) is 0 Å². The summed E-state index contributed by atoms with van der Waals surface area (Å²) in [5.41, 5.74) is 0.773. The van der Waals surface area contributed by atoms with Gasteiger partial charge in [-0.25, -0.2) is 0 Å². The Balaban J connectivity index is 2.83. The summed E-state index contributed by atoms with van der Waals surface area (Å²) in [6, 6.07) is 8.47. The molecule has 2 unspecified atom stereocenters. The Bertz CT molecular complexity index is 566. The highest BCUT2D eigenvalue weighted by molar-refractivity contribution is 6.02. The molecule has 2 atom stereocenters. The molecule has 24 heavy (non-hydrogen) atoms. The average Bonchev–Trinajstić information content (AvgIpc) is 2.50. The summed E-state index contributed by atoms with van der Waals surface area (Å²) in [5, 5.41) is 0. The van der Waals surface area contributed by atoms with Crippen molar-refractivity contribution in [2.75, 3.05) is 0 Å². The van der Waals surface area contributed by atoms with Crippen molar-refractivity contribution < 1.29 is 14.3 Å². The molecule has 0 bridgehead atoms. The van der Waals surface area contributed by atoms with E-state index in [4.69, 9.17) is 4.74 Å². The van der Waals surface area contributed by atoms with Gasteiger partial charge in [0.25, 0.3) is 0 Å². The number of ether oxygens (including phenoxy) is 1. The van der Waals surface area contributed by atoms with Crippen molar-refractivity contribution >= 4 is 11.8 Å². The Morgan fingerprint density at radius 2 is 1.62 bits per heavy atom. The highest BCUT2D eigenvalue weighted by Gasteiger charge is 2.41. The third-order valence-electron chi connectivity index (χ3n) is 4.70. The first-order valence-corrected chi connectivity index (χ1v) is 8.83. The summed E-state index contributed by atoms with van der Waals surface area (Å²) in [6.45, 7) is 13.0. The van der Waals surface area contributed by atoms with Crippen LogP contribution in [0.5, 0.6) is 0 Å². The van der Waals surface area contributed by atoms with Gasteiger partial charge in [-0.2, -0.15) is 0 Å². The molecular weight excluding hydrogens is 300 g/mol. The molecule has 0 heterocycles. The summed E-state index contributed by atoms with van der Waals surface area (Å²) in [7, 11) is 0. The maximum Gasteiger partial charge on any atom is 0.319 e. The Morgan fingerprint density at radius 1 is 1.08 bits per heavy atom. The Kier molecular flexibility index (Phi) is 6.76. The van der Waals surface area contributed by atoms with Crippen LogP contribution in [0.25, 0.3) is 0 Å². The highest BCUT2D eigenvalue weighted by atomic mass is 16.6. The first kappa shape index (κ1) is 20.4. The molecule has 1 aromatic rings. The van der Waals surface area contributed by atoms with E-state index in [9.17, 15) is 9.59 Å². The molecule has 0 aromatic heterocycles. The van der Waals surface area contributed by atoms with Gasteiger partial charge in [-0.05, 0) is 70.9 Å². The molecule has 0 aliphatic heterocycles. The fourth-order valence-corrected chi connectivity index (χ4v) is 2.46. The van der Waals surface area contributed by atoms with Gasteiger partial charge in [-0.15, -0.1) is 0 Å². The van der Waals surface area contributed by atoms with Crippen molar-refractivity contribution in [3.05, 3.63) is 35.4 Å². The zero-order valence-corrected chi connectivity index (χ0v) is 16.2. The van der Waals surface area contributed by atoms with Gasteiger partial charge in [0.2, 0.25) is 0 Å². The number of ketones is 1. The molecule has 1 aromatic carbocycles. The van der Waals surface area contributed by atoms with Crippen LogP contribution >= 0.6 is 0 Å². The van der Waals surface area contributed by atoms with E-state index in [1.165, 1.54) is 12.5 Å². The first-order valence-electron chi connectivity index (χ1n) is 8.83. The van der Waals surface area contributed by atoms with Gasteiger partial charge < -0.3 is 4.74 Å². The summed E-state index contributed by atoms with van der Waals surface area (Å²) >= 11 is 0. The zero-order valence-electron chi connectivity index (χ0n) is 16.2. The second-order valence-electron chi connectivity index (χ2n) is 7.94. The lowest BCUT2D eigenvalue weighted by Gasteiger charge is -2.29. The molecule has 1 rings (SSSR count). The predicted octanol–water partition coefficient (Wildman–Crippen LogP) is 5.07. The maximum atomic E-state index is 12.5. The number of rotatable bonds is 7. The second kappa shape index (κ2) is 7.96. The molecule has 0 amide bonds. The molecule has 3 nitrogen and oxygen atoms in total. The van der Waals surface area contributed by atoms with Gasteiger partial charge in [0.05, 0.1) is 0 Å². The number of hydrogen-bond donors (Lipinski definition) is 0. The second-order valence-corrected chi connectivity index (χ2v) is 7.94. The number of benzene rings is 1. The van der Waals surface area contributed by atoms with Crippen LogP contribution in [0.15, 0.2) is 24.3 Å². The van der Waals surface area contributed by atoms with E-state index in [2.05, 4.69) is 38.1 Å². The topological polar surface area (TPSA) is 43.4 Å². The molecule has 0 N–H and O–H groups in total. The number of esters is 1. The molecule has 3 heteroatoms. The van der Waals surface area contributed by atoms with Crippen molar-refractivity contribution in [3.63, 3.8) is 0 Å². The van der Waals surface area contributed by atoms with Crippen molar-refractivity contribution in [1.29, 1.82) is 0 Å². The van der Waals surface area contributed by atoms with Gasteiger partial charge in [0, 0.05) is 0 Å². The Labute approximate surface area is 146 Å². The van der Waals surface area contributed by atoms with Crippen molar-refractivity contribution in [1.82, 2.24) is 0 Å². The lowest BCUT2D eigenvalue weighted by atomic mass is 9.80. The monoisotopic (exact) mass is 332 g/mol. The first-order chi connectivity index (χ1) is 11.0. The van der Waals surface area contributed by atoms with Crippen LogP contribution in [0.4, 0.5) is 0 Å². The smallest absolute Gasteiger partial charge is 0.319 e. The Morgan fingerprint density at radius 3 is 2.04 bits per heavy atom. The molecule has 0 radical (unpaired) electrons. The van der Waals surface area contributed by atoms with E-state index in [0.29, 0.717) is 18.8 Å². The van der Waals surface area contributed by atoms with Crippen molar-refractivity contribution in [2.24, 2.45) is 5.41 Å². The molecule has 0 fully saturated rings. The van der Waals surface area contributed by atoms with Gasteiger partial charge in [-0.3, -0.25) is 9.59 Å². The molecule has 0 aliphatic carbocycles. The minimum Gasteiger partial charge on any atom is -0.459 e. The van der Waals surface area contributed by atoms with Crippen LogP contribution in [0, 0.1) is 5.41 Å². The fourth-order valence-electron chi connectivity index (χ4n) is 2.46. The third kappa shape index (κ3) is 5.47. The van der Waals surface area contributed by atoms with E-state index in [1.807, 2.05) is 20.8 Å². The highest BCUT2D eigenvalue weighted by Crippen LogP contribution is 2.29. The molecule has 0 aliphatic rings. The minimum atomic E-state index is -1.09. The third-order valence-corrected chi connectivity index (χ3v) is 4.70. The lowest BCUT2D eigenvalue weighted by Crippen LogP contribution is -2.40. The normalized spacial score (nSPS) is 15.5. The van der Waals surface area contributed by atoms with Crippen molar-refractivity contribution in [3.8, 4) is 0 Å². The van der Waals surface area contributed by atoms with E-state index in [-0.39, 0.29) is 5.78 Å². The molecule has 0 saturated carbocycles. The summed E-state index contributed by atoms with van der Waals surface area (Å²) in [5.74, 6) is -0.0324. The summed E-state index contributed by atoms with van der Waals surface area (Å²) in [4.78, 5) is 24.6. The minimum absolute atomic E-state index is 0.145. The summed E-state index contributed by atoms with van der Waals surface area (Å²) < 4.78 is 5.46. The van der Waals surface area contributed by atoms with Gasteiger partial charge in [-0.1, -0.05) is 38.1 Å². The van der Waals surface area contributed by atoms with Crippen LogP contribution < -0.4 is 0 Å². The van der Waals surface area contributed by atoms with Gasteiger partial charge in [0.15, 0.2) is 0 Å². The van der Waals surface area contributed by atoms with E-state index < -0.39 is 17.0 Å². The number of hydrogen-bond acceptors (Lipinski definition) is 3. The quantitative estimate of drug-likeness (QED) is 0.517. The Hall–Kier alpha value is -1.64. The SMILES string of the molecule is CCC(C)c1ccc(CCC(C)(C(C)=O)C(=O)OC(C)(C)C)cc1. The zero-order chi connectivity index (χ0) is 18.5. The van der Waals surface area contributed by atoms with Gasteiger partial charge in [0.1, 0.15) is 16.8 Å². The van der Waals surface area contributed by atoms with Gasteiger partial charge >= 0.3 is 5.97 Å². The molecule has 0 spiro atoms.